The van der Waals surface area contributed by atoms with Gasteiger partial charge in [-0.3, -0.25) is 14.7 Å². The van der Waals surface area contributed by atoms with E-state index in [1.54, 1.807) is 0 Å². The first kappa shape index (κ1) is 16.3. The van der Waals surface area contributed by atoms with E-state index in [-0.39, 0.29) is 17.4 Å². The summed E-state index contributed by atoms with van der Waals surface area (Å²) in [6.07, 6.45) is 7.12. The minimum atomic E-state index is -0.104. The van der Waals surface area contributed by atoms with Gasteiger partial charge in [0, 0.05) is 49.8 Å². The molecule has 0 aliphatic carbocycles. The number of amides is 1. The molecule has 0 unspecified atom stereocenters. The summed E-state index contributed by atoms with van der Waals surface area (Å²) in [5.41, 5.74) is 1.12. The van der Waals surface area contributed by atoms with E-state index in [0.717, 1.165) is 50.4 Å². The molecular formula is C20H25N3O2. The molecule has 2 aromatic rings. The summed E-state index contributed by atoms with van der Waals surface area (Å²) in [5.74, 6) is 2.51. The van der Waals surface area contributed by atoms with Crippen molar-refractivity contribution < 1.29 is 9.21 Å². The van der Waals surface area contributed by atoms with Crippen LogP contribution in [0.25, 0.3) is 0 Å². The molecule has 2 aromatic heterocycles. The molecule has 1 atom stereocenters. The maximum Gasteiger partial charge on any atom is 0.221 e. The molecule has 2 aliphatic rings. The highest BCUT2D eigenvalue weighted by Crippen LogP contribution is 2.43. The molecule has 5 heteroatoms. The second kappa shape index (κ2) is 6.64. The van der Waals surface area contributed by atoms with Crippen molar-refractivity contribution in [2.45, 2.75) is 50.6 Å². The van der Waals surface area contributed by atoms with Gasteiger partial charge >= 0.3 is 0 Å². The van der Waals surface area contributed by atoms with Gasteiger partial charge < -0.3 is 9.73 Å². The summed E-state index contributed by atoms with van der Waals surface area (Å²) >= 11 is 0. The highest BCUT2D eigenvalue weighted by molar-refractivity contribution is 5.81. The molecule has 2 saturated heterocycles. The number of aromatic nitrogens is 1. The maximum atomic E-state index is 12.2. The number of hydrogen-bond donors (Lipinski definition) is 1. The van der Waals surface area contributed by atoms with Crippen LogP contribution in [0.2, 0.25) is 0 Å². The van der Waals surface area contributed by atoms with Crippen molar-refractivity contribution in [3.63, 3.8) is 0 Å². The van der Waals surface area contributed by atoms with Gasteiger partial charge in [-0.25, -0.2) is 0 Å². The molecule has 2 aliphatic heterocycles. The van der Waals surface area contributed by atoms with E-state index in [1.807, 2.05) is 24.5 Å². The number of carbonyl (C=O) groups excluding carboxylic acids is 1. The summed E-state index contributed by atoms with van der Waals surface area (Å²) in [6.45, 7) is 4.91. The lowest BCUT2D eigenvalue weighted by Gasteiger charge is -2.42. The lowest BCUT2D eigenvalue weighted by atomic mass is 9.74. The molecule has 0 bridgehead atoms. The van der Waals surface area contributed by atoms with Gasteiger partial charge in [-0.2, -0.15) is 0 Å². The fourth-order valence-electron chi connectivity index (χ4n) is 4.33. The van der Waals surface area contributed by atoms with Crippen LogP contribution in [-0.4, -0.2) is 34.4 Å². The number of likely N-dealkylation sites (tertiary alicyclic amines) is 1. The molecule has 4 rings (SSSR count). The predicted molar refractivity (Wildman–Crippen MR) is 95.1 cm³/mol. The molecule has 2 fully saturated rings. The maximum absolute atomic E-state index is 12.2. The summed E-state index contributed by atoms with van der Waals surface area (Å²) in [5, 5.41) is 3.31. The summed E-state index contributed by atoms with van der Waals surface area (Å²) in [6, 6.07) is 8.25. The Bertz CT molecular complexity index is 732. The van der Waals surface area contributed by atoms with Gasteiger partial charge in [0.05, 0.1) is 6.54 Å². The van der Waals surface area contributed by atoms with Crippen LogP contribution in [0.15, 0.2) is 41.1 Å². The van der Waals surface area contributed by atoms with E-state index in [4.69, 9.17) is 4.42 Å². The highest BCUT2D eigenvalue weighted by Gasteiger charge is 2.48. The van der Waals surface area contributed by atoms with E-state index in [2.05, 4.69) is 34.3 Å². The number of piperidine rings is 1. The molecular weight excluding hydrogens is 314 g/mol. The number of nitrogens with zero attached hydrogens (tertiary/aromatic N) is 2. The van der Waals surface area contributed by atoms with Crippen LogP contribution in [-0.2, 0) is 17.8 Å². The van der Waals surface area contributed by atoms with E-state index < -0.39 is 0 Å². The van der Waals surface area contributed by atoms with Crippen LogP contribution in [0.4, 0.5) is 0 Å². The molecule has 1 spiro atoms. The first-order valence-corrected chi connectivity index (χ1v) is 9.19. The van der Waals surface area contributed by atoms with Crippen molar-refractivity contribution >= 4 is 5.91 Å². The van der Waals surface area contributed by atoms with Crippen molar-refractivity contribution in [1.29, 1.82) is 0 Å². The Morgan fingerprint density at radius 2 is 1.92 bits per heavy atom. The number of pyridine rings is 1. The number of furan rings is 1. The normalized spacial score (nSPS) is 23.1. The Morgan fingerprint density at radius 3 is 2.60 bits per heavy atom. The zero-order valence-corrected chi connectivity index (χ0v) is 14.7. The SMILES string of the molecule is CCc1ccc(CN2CCC3(CC2)NC(=O)C[C@@H]3c2ccncc2)o1. The average molecular weight is 339 g/mol. The van der Waals surface area contributed by atoms with Crippen molar-refractivity contribution in [3.8, 4) is 0 Å². The van der Waals surface area contributed by atoms with Gasteiger partial charge in [-0.05, 0) is 42.7 Å². The van der Waals surface area contributed by atoms with E-state index in [0.29, 0.717) is 6.42 Å². The number of hydrogen-bond acceptors (Lipinski definition) is 4. The smallest absolute Gasteiger partial charge is 0.221 e. The molecule has 5 nitrogen and oxygen atoms in total. The quantitative estimate of drug-likeness (QED) is 0.930. The molecule has 25 heavy (non-hydrogen) atoms. The minimum absolute atomic E-state index is 0.104. The fourth-order valence-corrected chi connectivity index (χ4v) is 4.33. The van der Waals surface area contributed by atoms with E-state index >= 15 is 0 Å². The molecule has 1 N–H and O–H groups in total. The van der Waals surface area contributed by atoms with Crippen LogP contribution < -0.4 is 5.32 Å². The van der Waals surface area contributed by atoms with Crippen molar-refractivity contribution in [2.24, 2.45) is 0 Å². The standard InChI is InChI=1S/C20H25N3O2/c1-2-16-3-4-17(25-16)14-23-11-7-20(8-12-23)18(13-19(24)22-20)15-5-9-21-10-6-15/h3-6,9-10,18H,2,7-8,11-14H2,1H3,(H,22,24)/t18-/m1/s1. The summed E-state index contributed by atoms with van der Waals surface area (Å²) in [4.78, 5) is 18.7. The molecule has 1 amide bonds. The summed E-state index contributed by atoms with van der Waals surface area (Å²) < 4.78 is 5.84. The van der Waals surface area contributed by atoms with Gasteiger partial charge in [0.2, 0.25) is 5.91 Å². The van der Waals surface area contributed by atoms with Crippen LogP contribution in [0.5, 0.6) is 0 Å². The number of carbonyl (C=O) groups is 1. The number of aryl methyl sites for hydroxylation is 1. The van der Waals surface area contributed by atoms with Crippen LogP contribution >= 0.6 is 0 Å². The third-order valence-corrected chi connectivity index (χ3v) is 5.75. The predicted octanol–water partition coefficient (Wildman–Crippen LogP) is 2.88. The van der Waals surface area contributed by atoms with Crippen molar-refractivity contribution in [2.75, 3.05) is 13.1 Å². The number of nitrogens with one attached hydrogen (secondary N) is 1. The highest BCUT2D eigenvalue weighted by atomic mass is 16.3. The average Bonchev–Trinajstić information content (AvgIpc) is 3.22. The Morgan fingerprint density at radius 1 is 1.20 bits per heavy atom. The van der Waals surface area contributed by atoms with E-state index in [9.17, 15) is 4.79 Å². The lowest BCUT2D eigenvalue weighted by molar-refractivity contribution is -0.120. The number of rotatable bonds is 4. The van der Waals surface area contributed by atoms with Crippen LogP contribution in [0.3, 0.4) is 0 Å². The Kier molecular flexibility index (Phi) is 4.34. The van der Waals surface area contributed by atoms with Gasteiger partial charge in [-0.1, -0.05) is 6.92 Å². The van der Waals surface area contributed by atoms with Gasteiger partial charge in [-0.15, -0.1) is 0 Å². The largest absolute Gasteiger partial charge is 0.465 e. The van der Waals surface area contributed by atoms with Crippen molar-refractivity contribution in [3.05, 3.63) is 53.7 Å². The van der Waals surface area contributed by atoms with Crippen molar-refractivity contribution in [1.82, 2.24) is 15.2 Å². The Hall–Kier alpha value is -2.14. The lowest BCUT2D eigenvalue weighted by Crippen LogP contribution is -2.53. The first-order chi connectivity index (χ1) is 12.2. The molecule has 0 aromatic carbocycles. The monoisotopic (exact) mass is 339 g/mol. The van der Waals surface area contributed by atoms with E-state index in [1.165, 1.54) is 5.56 Å². The molecule has 0 radical (unpaired) electrons. The molecule has 4 heterocycles. The van der Waals surface area contributed by atoms with Crippen LogP contribution in [0, 0.1) is 0 Å². The third kappa shape index (κ3) is 3.21. The Balaban J connectivity index is 1.45. The van der Waals surface area contributed by atoms with Gasteiger partial charge in [0.15, 0.2) is 0 Å². The second-order valence-electron chi connectivity index (χ2n) is 7.24. The zero-order valence-electron chi connectivity index (χ0n) is 14.7. The molecule has 0 saturated carbocycles. The fraction of sp³-hybridized carbons (Fsp3) is 0.500. The first-order valence-electron chi connectivity index (χ1n) is 9.19. The zero-order chi connectivity index (χ0) is 17.3. The minimum Gasteiger partial charge on any atom is -0.465 e. The second-order valence-corrected chi connectivity index (χ2v) is 7.24. The molecule has 132 valence electrons. The van der Waals surface area contributed by atoms with Crippen LogP contribution in [0.1, 0.15) is 49.2 Å². The third-order valence-electron chi connectivity index (χ3n) is 5.75. The van der Waals surface area contributed by atoms with Gasteiger partial charge in [0.1, 0.15) is 11.5 Å². The Labute approximate surface area is 148 Å². The van der Waals surface area contributed by atoms with Gasteiger partial charge in [0.25, 0.3) is 0 Å². The topological polar surface area (TPSA) is 58.4 Å². The summed E-state index contributed by atoms with van der Waals surface area (Å²) in [7, 11) is 0.